The lowest BCUT2D eigenvalue weighted by Crippen LogP contribution is -2.33. The van der Waals surface area contributed by atoms with E-state index in [2.05, 4.69) is 72.8 Å². The first-order chi connectivity index (χ1) is 19.2. The summed E-state index contributed by atoms with van der Waals surface area (Å²) in [4.78, 5) is 0. The molecule has 6 heteroatoms. The molecule has 1 saturated carbocycles. The Hall–Kier alpha value is -3.06. The Morgan fingerprint density at radius 3 is 1.41 bits per heavy atom. The van der Waals surface area contributed by atoms with Crippen molar-refractivity contribution in [3.8, 4) is 17.2 Å². The standard InChI is InChI=1S/C33H36O6/c1-2-24(23-3-9-27(10-4-23)34-17-30-20-37-30)16-33(15-1,25-5-11-28(12-6-25)35-18-31-21-38-31)26-7-13-29(14-8-26)36-19-32-22-39-32/h3-14,24,30-32H,1-2,15-22H2. The first kappa shape index (κ1) is 24.9. The Bertz CT molecular complexity index is 1170. The van der Waals surface area contributed by atoms with Crippen LogP contribution in [0.3, 0.4) is 0 Å². The molecule has 3 aromatic carbocycles. The third kappa shape index (κ3) is 6.08. The van der Waals surface area contributed by atoms with E-state index in [1.54, 1.807) is 0 Å². The minimum absolute atomic E-state index is 0.0856. The molecule has 0 amide bonds. The summed E-state index contributed by atoms with van der Waals surface area (Å²) in [6.45, 7) is 4.29. The van der Waals surface area contributed by atoms with Crippen LogP contribution in [0.15, 0.2) is 72.8 Å². The van der Waals surface area contributed by atoms with Crippen LogP contribution in [-0.4, -0.2) is 58.0 Å². The van der Waals surface area contributed by atoms with Crippen molar-refractivity contribution in [1.82, 2.24) is 0 Å². The number of rotatable bonds is 12. The molecule has 4 atom stereocenters. The van der Waals surface area contributed by atoms with Crippen LogP contribution in [0.4, 0.5) is 0 Å². The zero-order chi connectivity index (χ0) is 26.1. The van der Waals surface area contributed by atoms with E-state index >= 15 is 0 Å². The molecule has 6 nitrogen and oxygen atoms in total. The molecule has 3 heterocycles. The molecule has 3 aliphatic heterocycles. The van der Waals surface area contributed by atoms with Gasteiger partial charge in [-0.1, -0.05) is 42.8 Å². The zero-order valence-corrected chi connectivity index (χ0v) is 22.3. The van der Waals surface area contributed by atoms with E-state index < -0.39 is 0 Å². The van der Waals surface area contributed by atoms with Crippen LogP contribution in [0.2, 0.25) is 0 Å². The fraction of sp³-hybridized carbons (Fsp3) is 0.455. The van der Waals surface area contributed by atoms with Gasteiger partial charge in [0.25, 0.3) is 0 Å². The van der Waals surface area contributed by atoms with Gasteiger partial charge in [0.15, 0.2) is 0 Å². The molecular weight excluding hydrogens is 492 g/mol. The van der Waals surface area contributed by atoms with E-state index in [1.807, 2.05) is 0 Å². The predicted molar refractivity (Wildman–Crippen MR) is 147 cm³/mol. The molecule has 4 unspecified atom stereocenters. The number of hydrogen-bond acceptors (Lipinski definition) is 6. The van der Waals surface area contributed by atoms with Crippen molar-refractivity contribution < 1.29 is 28.4 Å². The summed E-state index contributed by atoms with van der Waals surface area (Å²) < 4.78 is 33.6. The van der Waals surface area contributed by atoms with Crippen LogP contribution >= 0.6 is 0 Å². The third-order valence-electron chi connectivity index (χ3n) is 8.43. The molecule has 0 radical (unpaired) electrons. The minimum atomic E-state index is -0.0856. The maximum absolute atomic E-state index is 5.95. The second kappa shape index (κ2) is 10.8. The van der Waals surface area contributed by atoms with Gasteiger partial charge in [-0.05, 0) is 78.3 Å². The van der Waals surface area contributed by atoms with Crippen molar-refractivity contribution in [1.29, 1.82) is 0 Å². The Morgan fingerprint density at radius 2 is 1.00 bits per heavy atom. The third-order valence-corrected chi connectivity index (χ3v) is 8.43. The quantitative estimate of drug-likeness (QED) is 0.283. The first-order valence-corrected chi connectivity index (χ1v) is 14.3. The summed E-state index contributed by atoms with van der Waals surface area (Å²) in [5.74, 6) is 3.17. The summed E-state index contributed by atoms with van der Waals surface area (Å²) in [5.41, 5.74) is 3.97. The highest BCUT2D eigenvalue weighted by atomic mass is 16.6. The van der Waals surface area contributed by atoms with Gasteiger partial charge in [-0.2, -0.15) is 0 Å². The first-order valence-electron chi connectivity index (χ1n) is 14.3. The average molecular weight is 529 g/mol. The van der Waals surface area contributed by atoms with E-state index in [4.69, 9.17) is 28.4 Å². The fourth-order valence-corrected chi connectivity index (χ4v) is 5.89. The lowest BCUT2D eigenvalue weighted by molar-refractivity contribution is 0.262. The normalized spacial score (nSPS) is 28.9. The number of epoxide rings is 3. The molecule has 204 valence electrons. The summed E-state index contributed by atoms with van der Waals surface area (Å²) >= 11 is 0. The van der Waals surface area contributed by atoms with Crippen molar-refractivity contribution in [2.24, 2.45) is 0 Å². The smallest absolute Gasteiger partial charge is 0.119 e. The molecule has 4 aliphatic rings. The maximum Gasteiger partial charge on any atom is 0.119 e. The molecule has 3 saturated heterocycles. The van der Waals surface area contributed by atoms with Gasteiger partial charge in [0.05, 0.1) is 19.8 Å². The maximum atomic E-state index is 5.95. The second-order valence-electron chi connectivity index (χ2n) is 11.3. The lowest BCUT2D eigenvalue weighted by Gasteiger charge is -2.42. The molecule has 0 spiro atoms. The van der Waals surface area contributed by atoms with Gasteiger partial charge in [-0.15, -0.1) is 0 Å². The van der Waals surface area contributed by atoms with Crippen molar-refractivity contribution >= 4 is 0 Å². The Labute approximate surface area is 230 Å². The van der Waals surface area contributed by atoms with E-state index in [1.165, 1.54) is 23.1 Å². The van der Waals surface area contributed by atoms with Crippen LogP contribution in [0.25, 0.3) is 0 Å². The van der Waals surface area contributed by atoms with E-state index in [9.17, 15) is 0 Å². The monoisotopic (exact) mass is 528 g/mol. The van der Waals surface area contributed by atoms with Crippen LogP contribution in [0.1, 0.15) is 48.3 Å². The zero-order valence-electron chi connectivity index (χ0n) is 22.3. The largest absolute Gasteiger partial charge is 0.491 e. The van der Waals surface area contributed by atoms with Crippen molar-refractivity contribution in [2.75, 3.05) is 39.6 Å². The fourth-order valence-electron chi connectivity index (χ4n) is 5.89. The predicted octanol–water partition coefficient (Wildman–Crippen LogP) is 5.66. The van der Waals surface area contributed by atoms with Crippen LogP contribution in [-0.2, 0) is 19.6 Å². The molecule has 0 aromatic heterocycles. The van der Waals surface area contributed by atoms with Gasteiger partial charge in [-0.25, -0.2) is 0 Å². The molecule has 0 bridgehead atoms. The summed E-state index contributed by atoms with van der Waals surface area (Å²) in [5, 5.41) is 0. The van der Waals surface area contributed by atoms with Crippen LogP contribution in [0.5, 0.6) is 17.2 Å². The highest BCUT2D eigenvalue weighted by Gasteiger charge is 2.40. The van der Waals surface area contributed by atoms with Gasteiger partial charge in [-0.3, -0.25) is 0 Å². The van der Waals surface area contributed by atoms with Crippen molar-refractivity contribution in [2.45, 2.75) is 55.3 Å². The van der Waals surface area contributed by atoms with Crippen molar-refractivity contribution in [3.05, 3.63) is 89.5 Å². The Morgan fingerprint density at radius 1 is 0.590 bits per heavy atom. The van der Waals surface area contributed by atoms with Gasteiger partial charge in [0.2, 0.25) is 0 Å². The number of benzene rings is 3. The van der Waals surface area contributed by atoms with Gasteiger partial charge in [0, 0.05) is 5.41 Å². The lowest BCUT2D eigenvalue weighted by atomic mass is 9.61. The summed E-state index contributed by atoms with van der Waals surface area (Å²) in [6, 6.07) is 26.2. The highest BCUT2D eigenvalue weighted by Crippen LogP contribution is 2.50. The summed E-state index contributed by atoms with van der Waals surface area (Å²) in [7, 11) is 0. The van der Waals surface area contributed by atoms with E-state index in [0.29, 0.717) is 25.7 Å². The molecule has 1 aliphatic carbocycles. The van der Waals surface area contributed by atoms with E-state index in [-0.39, 0.29) is 23.7 Å². The number of ether oxygens (including phenoxy) is 6. The topological polar surface area (TPSA) is 65.3 Å². The highest BCUT2D eigenvalue weighted by molar-refractivity contribution is 5.45. The minimum Gasteiger partial charge on any atom is -0.491 e. The Balaban J connectivity index is 1.13. The molecular formula is C33H36O6. The number of hydrogen-bond donors (Lipinski definition) is 0. The van der Waals surface area contributed by atoms with Gasteiger partial charge < -0.3 is 28.4 Å². The summed E-state index contributed by atoms with van der Waals surface area (Å²) in [6.07, 6.45) is 5.27. The van der Waals surface area contributed by atoms with Crippen molar-refractivity contribution in [3.63, 3.8) is 0 Å². The molecule has 4 fully saturated rings. The molecule has 3 aromatic rings. The second-order valence-corrected chi connectivity index (χ2v) is 11.3. The Kier molecular flexibility index (Phi) is 6.93. The van der Waals surface area contributed by atoms with Crippen LogP contribution in [0, 0.1) is 0 Å². The van der Waals surface area contributed by atoms with Gasteiger partial charge >= 0.3 is 0 Å². The molecule has 39 heavy (non-hydrogen) atoms. The van der Waals surface area contributed by atoms with Crippen LogP contribution < -0.4 is 14.2 Å². The average Bonchev–Trinajstić information content (AvgIpc) is 3.83. The molecule has 0 N–H and O–H groups in total. The molecule has 7 rings (SSSR count). The SMILES string of the molecule is c1cc(C2CCCC(c3ccc(OCC4CO4)cc3)(c3ccc(OCC4CO4)cc3)C2)ccc1OCC1CO1. The van der Waals surface area contributed by atoms with E-state index in [0.717, 1.165) is 56.3 Å². The van der Waals surface area contributed by atoms with Gasteiger partial charge in [0.1, 0.15) is 55.4 Å².